The normalized spacial score (nSPS) is 12.2. The van der Waals surface area contributed by atoms with Gasteiger partial charge in [0.1, 0.15) is 5.75 Å². The Morgan fingerprint density at radius 2 is 1.42 bits per heavy atom. The Morgan fingerprint density at radius 1 is 0.792 bits per heavy atom. The molecule has 0 saturated carbocycles. The molecule has 0 aromatic heterocycles. The fraction of sp³-hybridized carbons (Fsp3) is 0.130. The zero-order valence-electron chi connectivity index (χ0n) is 13.9. The molecule has 0 bridgehead atoms. The Hall–Kier alpha value is -2.80. The minimum absolute atomic E-state index is 0.357. The zero-order chi connectivity index (χ0) is 16.6. The van der Waals surface area contributed by atoms with Gasteiger partial charge in [0.2, 0.25) is 0 Å². The summed E-state index contributed by atoms with van der Waals surface area (Å²) >= 11 is 0. The first-order valence-corrected chi connectivity index (χ1v) is 8.26. The molecule has 3 aromatic carbocycles. The molecule has 0 heterocycles. The Labute approximate surface area is 144 Å². The molecule has 3 rings (SSSR count). The first kappa shape index (κ1) is 16.1. The lowest BCUT2D eigenvalue weighted by molar-refractivity contribution is 0.415. The van der Waals surface area contributed by atoms with Crippen LogP contribution in [0, 0.1) is 0 Å². The number of methoxy groups -OCH3 is 1. The van der Waals surface area contributed by atoms with E-state index in [9.17, 15) is 0 Å². The van der Waals surface area contributed by atoms with E-state index in [4.69, 9.17) is 4.74 Å². The maximum Gasteiger partial charge on any atom is 0.118 e. The molecule has 0 aliphatic carbocycles. The van der Waals surface area contributed by atoms with E-state index >= 15 is 0 Å². The lowest BCUT2D eigenvalue weighted by Crippen LogP contribution is -1.99. The van der Waals surface area contributed by atoms with Crippen LogP contribution in [0.3, 0.4) is 0 Å². The lowest BCUT2D eigenvalue weighted by Gasteiger charge is -2.14. The largest absolute Gasteiger partial charge is 0.497 e. The molecule has 0 spiro atoms. The molecule has 0 unspecified atom stereocenters. The van der Waals surface area contributed by atoms with Crippen LogP contribution in [0.4, 0.5) is 0 Å². The number of benzene rings is 3. The van der Waals surface area contributed by atoms with Crippen LogP contribution in [0.5, 0.6) is 5.75 Å². The number of allylic oxidation sites excluding steroid dienone is 1. The smallest absolute Gasteiger partial charge is 0.118 e. The van der Waals surface area contributed by atoms with Crippen molar-refractivity contribution >= 4 is 6.08 Å². The Morgan fingerprint density at radius 3 is 2.04 bits per heavy atom. The third kappa shape index (κ3) is 4.36. The van der Waals surface area contributed by atoms with Crippen molar-refractivity contribution in [2.45, 2.75) is 12.3 Å². The molecule has 3 aromatic rings. The summed E-state index contributed by atoms with van der Waals surface area (Å²) in [6, 6.07) is 29.5. The van der Waals surface area contributed by atoms with Crippen LogP contribution in [0.1, 0.15) is 22.6 Å². The van der Waals surface area contributed by atoms with Gasteiger partial charge in [0, 0.05) is 5.92 Å². The molecule has 0 saturated heterocycles. The van der Waals surface area contributed by atoms with E-state index in [-0.39, 0.29) is 0 Å². The monoisotopic (exact) mass is 314 g/mol. The highest BCUT2D eigenvalue weighted by Gasteiger charge is 2.08. The Kier molecular flexibility index (Phi) is 5.47. The van der Waals surface area contributed by atoms with Gasteiger partial charge in [-0.05, 0) is 35.2 Å². The van der Waals surface area contributed by atoms with Crippen LogP contribution in [0.25, 0.3) is 6.08 Å². The van der Waals surface area contributed by atoms with Crippen LogP contribution in [-0.4, -0.2) is 7.11 Å². The molecule has 1 nitrogen and oxygen atoms in total. The summed E-state index contributed by atoms with van der Waals surface area (Å²) in [5.41, 5.74) is 3.88. The minimum Gasteiger partial charge on any atom is -0.497 e. The lowest BCUT2D eigenvalue weighted by atomic mass is 9.91. The van der Waals surface area contributed by atoms with Crippen molar-refractivity contribution in [1.29, 1.82) is 0 Å². The molecular weight excluding hydrogens is 292 g/mol. The summed E-state index contributed by atoms with van der Waals surface area (Å²) in [4.78, 5) is 0. The summed E-state index contributed by atoms with van der Waals surface area (Å²) in [6.45, 7) is 0. The quantitative estimate of drug-likeness (QED) is 0.564. The van der Waals surface area contributed by atoms with Crippen LogP contribution < -0.4 is 4.74 Å². The molecule has 0 aliphatic heterocycles. The fourth-order valence-corrected chi connectivity index (χ4v) is 2.81. The highest BCUT2D eigenvalue weighted by molar-refractivity contribution is 5.52. The Bertz CT molecular complexity index is 758. The van der Waals surface area contributed by atoms with Gasteiger partial charge in [0.05, 0.1) is 7.11 Å². The second kappa shape index (κ2) is 8.16. The van der Waals surface area contributed by atoms with Gasteiger partial charge in [-0.1, -0.05) is 84.9 Å². The number of hydrogen-bond acceptors (Lipinski definition) is 1. The second-order valence-corrected chi connectivity index (χ2v) is 5.84. The van der Waals surface area contributed by atoms with Gasteiger partial charge >= 0.3 is 0 Å². The average molecular weight is 314 g/mol. The first-order valence-electron chi connectivity index (χ1n) is 8.26. The van der Waals surface area contributed by atoms with E-state index in [1.165, 1.54) is 16.7 Å². The molecule has 120 valence electrons. The van der Waals surface area contributed by atoms with Crippen LogP contribution in [0.15, 0.2) is 91.0 Å². The van der Waals surface area contributed by atoms with Gasteiger partial charge in [0.15, 0.2) is 0 Å². The van der Waals surface area contributed by atoms with Gasteiger partial charge in [-0.3, -0.25) is 0 Å². The minimum atomic E-state index is 0.357. The van der Waals surface area contributed by atoms with E-state index in [1.54, 1.807) is 7.11 Å². The third-order valence-electron chi connectivity index (χ3n) is 4.16. The molecule has 0 N–H and O–H groups in total. The summed E-state index contributed by atoms with van der Waals surface area (Å²) in [5, 5.41) is 0. The van der Waals surface area contributed by atoms with Crippen molar-refractivity contribution in [3.63, 3.8) is 0 Å². The summed E-state index contributed by atoms with van der Waals surface area (Å²) < 4.78 is 5.22. The van der Waals surface area contributed by atoms with Crippen molar-refractivity contribution in [3.05, 3.63) is 108 Å². The Balaban J connectivity index is 1.82. The molecule has 1 atom stereocenters. The van der Waals surface area contributed by atoms with E-state index in [0.29, 0.717) is 5.92 Å². The van der Waals surface area contributed by atoms with Gasteiger partial charge < -0.3 is 4.74 Å². The highest BCUT2D eigenvalue weighted by Crippen LogP contribution is 2.24. The molecule has 1 heteroatoms. The van der Waals surface area contributed by atoms with Gasteiger partial charge in [-0.2, -0.15) is 0 Å². The van der Waals surface area contributed by atoms with Crippen LogP contribution in [-0.2, 0) is 6.42 Å². The average Bonchev–Trinajstić information content (AvgIpc) is 2.67. The van der Waals surface area contributed by atoms with Gasteiger partial charge in [0.25, 0.3) is 0 Å². The topological polar surface area (TPSA) is 9.23 Å². The molecule has 0 radical (unpaired) electrons. The molecule has 0 amide bonds. The maximum atomic E-state index is 5.22. The predicted octanol–water partition coefficient (Wildman–Crippen LogP) is 5.73. The predicted molar refractivity (Wildman–Crippen MR) is 101 cm³/mol. The first-order chi connectivity index (χ1) is 11.8. The third-order valence-corrected chi connectivity index (χ3v) is 4.16. The van der Waals surface area contributed by atoms with Gasteiger partial charge in [-0.15, -0.1) is 0 Å². The molecule has 24 heavy (non-hydrogen) atoms. The second-order valence-electron chi connectivity index (χ2n) is 5.84. The van der Waals surface area contributed by atoms with Crippen molar-refractivity contribution in [1.82, 2.24) is 0 Å². The van der Waals surface area contributed by atoms with E-state index in [1.807, 2.05) is 12.1 Å². The number of rotatable bonds is 6. The van der Waals surface area contributed by atoms with Crippen molar-refractivity contribution in [2.24, 2.45) is 0 Å². The standard InChI is InChI=1S/C23H22O/c1-24-23-16-13-19(14-17-23)12-15-22(21-10-6-3-7-11-21)18-20-8-4-2-5-9-20/h2-17,22H,18H2,1H3/b15-12+/t22-/m1/s1. The van der Waals surface area contributed by atoms with E-state index in [0.717, 1.165) is 12.2 Å². The summed E-state index contributed by atoms with van der Waals surface area (Å²) in [7, 11) is 1.69. The van der Waals surface area contributed by atoms with E-state index < -0.39 is 0 Å². The van der Waals surface area contributed by atoms with Crippen molar-refractivity contribution in [2.75, 3.05) is 7.11 Å². The molecule has 0 fully saturated rings. The number of hydrogen-bond donors (Lipinski definition) is 0. The molecule has 0 aliphatic rings. The molecular formula is C23H22O. The van der Waals surface area contributed by atoms with Gasteiger partial charge in [-0.25, -0.2) is 0 Å². The van der Waals surface area contributed by atoms with Crippen molar-refractivity contribution < 1.29 is 4.74 Å². The fourth-order valence-electron chi connectivity index (χ4n) is 2.81. The maximum absolute atomic E-state index is 5.22. The summed E-state index contributed by atoms with van der Waals surface area (Å²) in [6.07, 6.45) is 5.49. The number of ether oxygens (including phenoxy) is 1. The highest BCUT2D eigenvalue weighted by atomic mass is 16.5. The van der Waals surface area contributed by atoms with E-state index in [2.05, 4.69) is 84.9 Å². The summed E-state index contributed by atoms with van der Waals surface area (Å²) in [5.74, 6) is 1.24. The van der Waals surface area contributed by atoms with Crippen molar-refractivity contribution in [3.8, 4) is 5.75 Å². The van der Waals surface area contributed by atoms with Crippen LogP contribution in [0.2, 0.25) is 0 Å². The van der Waals surface area contributed by atoms with Crippen LogP contribution >= 0.6 is 0 Å². The zero-order valence-corrected chi connectivity index (χ0v) is 13.9. The SMILES string of the molecule is COc1ccc(/C=C/[C@H](Cc2ccccc2)c2ccccc2)cc1.